The van der Waals surface area contributed by atoms with Gasteiger partial charge in [0.05, 0.1) is 6.54 Å². The van der Waals surface area contributed by atoms with Crippen LogP contribution in [0, 0.1) is 0 Å². The zero-order chi connectivity index (χ0) is 15.9. The van der Waals surface area contributed by atoms with Gasteiger partial charge in [-0.3, -0.25) is 9.59 Å². The molecular weight excluding hydrogens is 276 g/mol. The maximum absolute atomic E-state index is 12.0. The summed E-state index contributed by atoms with van der Waals surface area (Å²) in [7, 11) is 1.71. The van der Waals surface area contributed by atoms with Crippen molar-refractivity contribution in [1.29, 1.82) is 0 Å². The van der Waals surface area contributed by atoms with Gasteiger partial charge in [0.15, 0.2) is 0 Å². The third-order valence-electron chi connectivity index (χ3n) is 3.55. The fourth-order valence-corrected chi connectivity index (χ4v) is 2.01. The minimum Gasteiger partial charge on any atom is -0.345 e. The Morgan fingerprint density at radius 3 is 2.14 bits per heavy atom. The zero-order valence-corrected chi connectivity index (χ0v) is 12.9. The quantitative estimate of drug-likeness (QED) is 0.922. The van der Waals surface area contributed by atoms with Crippen LogP contribution in [0.25, 0.3) is 11.1 Å². The minimum atomic E-state index is -0.238. The third kappa shape index (κ3) is 3.95. The van der Waals surface area contributed by atoms with Gasteiger partial charge >= 0.3 is 0 Å². The molecule has 0 unspecified atom stereocenters. The Morgan fingerprint density at radius 2 is 1.55 bits per heavy atom. The molecule has 0 bridgehead atoms. The SMILES string of the molecule is CCN(C)C(=O)CNC(=O)c1ccc(-c2ccccc2)cc1. The topological polar surface area (TPSA) is 49.4 Å². The molecular formula is C18H20N2O2. The Hall–Kier alpha value is -2.62. The second kappa shape index (κ2) is 7.41. The number of rotatable bonds is 5. The van der Waals surface area contributed by atoms with E-state index in [1.165, 1.54) is 0 Å². The number of likely N-dealkylation sites (N-methyl/N-ethyl adjacent to an activating group) is 1. The Bertz CT molecular complexity index is 636. The van der Waals surface area contributed by atoms with E-state index in [2.05, 4.69) is 5.32 Å². The van der Waals surface area contributed by atoms with Gasteiger partial charge < -0.3 is 10.2 Å². The predicted octanol–water partition coefficient (Wildman–Crippen LogP) is 2.56. The smallest absolute Gasteiger partial charge is 0.251 e. The molecule has 2 amide bonds. The third-order valence-corrected chi connectivity index (χ3v) is 3.55. The molecule has 0 aromatic heterocycles. The van der Waals surface area contributed by atoms with Gasteiger partial charge in [-0.05, 0) is 30.2 Å². The monoisotopic (exact) mass is 296 g/mol. The normalized spacial score (nSPS) is 10.1. The Balaban J connectivity index is 1.98. The molecule has 2 aromatic carbocycles. The van der Waals surface area contributed by atoms with Crippen molar-refractivity contribution in [3.63, 3.8) is 0 Å². The van der Waals surface area contributed by atoms with Crippen LogP contribution in [-0.2, 0) is 4.79 Å². The van der Waals surface area contributed by atoms with Gasteiger partial charge in [-0.15, -0.1) is 0 Å². The summed E-state index contributed by atoms with van der Waals surface area (Å²) in [6.07, 6.45) is 0. The van der Waals surface area contributed by atoms with E-state index >= 15 is 0 Å². The minimum absolute atomic E-state index is 0.0175. The molecule has 0 fully saturated rings. The molecule has 0 aliphatic heterocycles. The molecule has 0 saturated carbocycles. The van der Waals surface area contributed by atoms with Crippen molar-refractivity contribution in [3.8, 4) is 11.1 Å². The fourth-order valence-electron chi connectivity index (χ4n) is 2.01. The van der Waals surface area contributed by atoms with Crippen LogP contribution in [0.1, 0.15) is 17.3 Å². The van der Waals surface area contributed by atoms with Crippen LogP contribution in [0.5, 0.6) is 0 Å². The standard InChI is InChI=1S/C18H20N2O2/c1-3-20(2)17(21)13-19-18(22)16-11-9-15(10-12-16)14-7-5-4-6-8-14/h4-12H,3,13H2,1-2H3,(H,19,22). The summed E-state index contributed by atoms with van der Waals surface area (Å²) in [6.45, 7) is 2.53. The van der Waals surface area contributed by atoms with E-state index < -0.39 is 0 Å². The summed E-state index contributed by atoms with van der Waals surface area (Å²) >= 11 is 0. The molecule has 114 valence electrons. The summed E-state index contributed by atoms with van der Waals surface area (Å²) in [6, 6.07) is 17.3. The van der Waals surface area contributed by atoms with Crippen molar-refractivity contribution in [3.05, 3.63) is 60.2 Å². The molecule has 0 saturated heterocycles. The van der Waals surface area contributed by atoms with Gasteiger partial charge in [-0.2, -0.15) is 0 Å². The first kappa shape index (κ1) is 15.8. The van der Waals surface area contributed by atoms with E-state index in [9.17, 15) is 9.59 Å². The number of nitrogens with zero attached hydrogens (tertiary/aromatic N) is 1. The van der Waals surface area contributed by atoms with Crippen LogP contribution in [-0.4, -0.2) is 36.9 Å². The average Bonchev–Trinajstić information content (AvgIpc) is 2.59. The van der Waals surface area contributed by atoms with Crippen LogP contribution in [0.2, 0.25) is 0 Å². The van der Waals surface area contributed by atoms with Crippen molar-refractivity contribution in [2.24, 2.45) is 0 Å². The molecule has 4 heteroatoms. The predicted molar refractivity (Wildman–Crippen MR) is 87.5 cm³/mol. The van der Waals surface area contributed by atoms with Crippen molar-refractivity contribution in [2.45, 2.75) is 6.92 Å². The summed E-state index contributed by atoms with van der Waals surface area (Å²) in [4.78, 5) is 25.3. The first-order valence-electron chi connectivity index (χ1n) is 7.29. The number of benzene rings is 2. The molecule has 0 aliphatic rings. The molecule has 0 heterocycles. The van der Waals surface area contributed by atoms with E-state index in [-0.39, 0.29) is 18.4 Å². The van der Waals surface area contributed by atoms with Crippen molar-refractivity contribution >= 4 is 11.8 Å². The van der Waals surface area contributed by atoms with Gasteiger partial charge in [0, 0.05) is 19.2 Å². The van der Waals surface area contributed by atoms with E-state index in [0.29, 0.717) is 12.1 Å². The van der Waals surface area contributed by atoms with Crippen LogP contribution in [0.4, 0.5) is 0 Å². The highest BCUT2D eigenvalue weighted by molar-refractivity contribution is 5.96. The van der Waals surface area contributed by atoms with Gasteiger partial charge in [0.2, 0.25) is 5.91 Å². The lowest BCUT2D eigenvalue weighted by Crippen LogP contribution is -2.37. The Kier molecular flexibility index (Phi) is 5.31. The highest BCUT2D eigenvalue weighted by Crippen LogP contribution is 2.19. The average molecular weight is 296 g/mol. The summed E-state index contributed by atoms with van der Waals surface area (Å²) in [5.74, 6) is -0.339. The van der Waals surface area contributed by atoms with Crippen LogP contribution in [0.3, 0.4) is 0 Å². The summed E-state index contributed by atoms with van der Waals surface area (Å²) in [5.41, 5.74) is 2.71. The lowest BCUT2D eigenvalue weighted by Gasteiger charge is -2.14. The van der Waals surface area contributed by atoms with Crippen LogP contribution < -0.4 is 5.32 Å². The first-order chi connectivity index (χ1) is 10.6. The molecule has 4 nitrogen and oxygen atoms in total. The van der Waals surface area contributed by atoms with E-state index in [0.717, 1.165) is 11.1 Å². The largest absolute Gasteiger partial charge is 0.345 e. The first-order valence-corrected chi connectivity index (χ1v) is 7.29. The Morgan fingerprint density at radius 1 is 0.955 bits per heavy atom. The number of carbonyl (C=O) groups is 2. The van der Waals surface area contributed by atoms with Crippen LogP contribution >= 0.6 is 0 Å². The molecule has 0 spiro atoms. The van der Waals surface area contributed by atoms with Gasteiger partial charge in [-0.25, -0.2) is 0 Å². The highest BCUT2D eigenvalue weighted by Gasteiger charge is 2.10. The van der Waals surface area contributed by atoms with Crippen molar-refractivity contribution in [2.75, 3.05) is 20.1 Å². The van der Waals surface area contributed by atoms with Gasteiger partial charge in [-0.1, -0.05) is 42.5 Å². The summed E-state index contributed by atoms with van der Waals surface area (Å²) < 4.78 is 0. The van der Waals surface area contributed by atoms with E-state index in [4.69, 9.17) is 0 Å². The number of carbonyl (C=O) groups excluding carboxylic acids is 2. The Labute approximate surface area is 130 Å². The van der Waals surface area contributed by atoms with Crippen molar-refractivity contribution in [1.82, 2.24) is 10.2 Å². The number of amides is 2. The highest BCUT2D eigenvalue weighted by atomic mass is 16.2. The number of hydrogen-bond donors (Lipinski definition) is 1. The lowest BCUT2D eigenvalue weighted by molar-refractivity contribution is -0.128. The van der Waals surface area contributed by atoms with Crippen molar-refractivity contribution < 1.29 is 9.59 Å². The van der Waals surface area contributed by atoms with Gasteiger partial charge in [0.1, 0.15) is 0 Å². The zero-order valence-electron chi connectivity index (χ0n) is 12.9. The van der Waals surface area contributed by atoms with Gasteiger partial charge in [0.25, 0.3) is 5.91 Å². The van der Waals surface area contributed by atoms with E-state index in [1.54, 1.807) is 24.1 Å². The van der Waals surface area contributed by atoms with E-state index in [1.807, 2.05) is 49.4 Å². The molecule has 0 radical (unpaired) electrons. The molecule has 22 heavy (non-hydrogen) atoms. The molecule has 1 N–H and O–H groups in total. The molecule has 2 rings (SSSR count). The maximum atomic E-state index is 12.0. The fraction of sp³-hybridized carbons (Fsp3) is 0.222. The van der Waals surface area contributed by atoms with Crippen LogP contribution in [0.15, 0.2) is 54.6 Å². The maximum Gasteiger partial charge on any atom is 0.251 e. The number of hydrogen-bond acceptors (Lipinski definition) is 2. The summed E-state index contributed by atoms with van der Waals surface area (Å²) in [5, 5.41) is 2.64. The second-order valence-corrected chi connectivity index (χ2v) is 5.03. The molecule has 0 aliphatic carbocycles. The number of nitrogens with one attached hydrogen (secondary N) is 1. The second-order valence-electron chi connectivity index (χ2n) is 5.03. The molecule has 2 aromatic rings. The molecule has 0 atom stereocenters. The lowest BCUT2D eigenvalue weighted by atomic mass is 10.0.